The van der Waals surface area contributed by atoms with Crippen molar-refractivity contribution in [1.82, 2.24) is 4.90 Å². The highest BCUT2D eigenvalue weighted by Crippen LogP contribution is 2.18. The molecule has 0 aliphatic carbocycles. The lowest BCUT2D eigenvalue weighted by Gasteiger charge is -2.14. The van der Waals surface area contributed by atoms with Gasteiger partial charge in [-0.15, -0.1) is 0 Å². The molecule has 0 unspecified atom stereocenters. The lowest BCUT2D eigenvalue weighted by molar-refractivity contribution is 0.333. The number of rotatable bonds is 5. The maximum atomic E-state index is 13.5. The molecule has 0 atom stereocenters. The Hall–Kier alpha value is -1.09. The molecule has 1 aromatic carbocycles. The van der Waals surface area contributed by atoms with Gasteiger partial charge in [0, 0.05) is 0 Å². The van der Waals surface area contributed by atoms with E-state index in [4.69, 9.17) is 4.74 Å². The first-order chi connectivity index (χ1) is 8.29. The molecule has 1 heterocycles. The fraction of sp³-hybridized carbons (Fsp3) is 0.571. The molecule has 1 fully saturated rings. The van der Waals surface area contributed by atoms with Crippen molar-refractivity contribution in [2.75, 3.05) is 26.7 Å². The molecular weight excluding hydrogens is 217 g/mol. The van der Waals surface area contributed by atoms with Gasteiger partial charge in [-0.1, -0.05) is 0 Å². The van der Waals surface area contributed by atoms with E-state index in [2.05, 4.69) is 4.90 Å². The summed E-state index contributed by atoms with van der Waals surface area (Å²) in [4.78, 5) is 2.46. The second kappa shape index (κ2) is 6.01. The minimum absolute atomic E-state index is 0.118. The third-order valence-corrected chi connectivity index (χ3v) is 3.37. The van der Waals surface area contributed by atoms with E-state index in [1.54, 1.807) is 19.2 Å². The maximum absolute atomic E-state index is 13.5. The SMILES string of the molecule is COc1ccc(F)c(CCCN2CCCC2)c1. The summed E-state index contributed by atoms with van der Waals surface area (Å²) in [6.45, 7) is 3.50. The molecule has 1 saturated heterocycles. The van der Waals surface area contributed by atoms with Crippen LogP contribution in [0.4, 0.5) is 4.39 Å². The summed E-state index contributed by atoms with van der Waals surface area (Å²) in [6, 6.07) is 4.96. The molecule has 17 heavy (non-hydrogen) atoms. The Morgan fingerprint density at radius 2 is 2.06 bits per heavy atom. The Bertz CT molecular complexity index is 361. The number of benzene rings is 1. The van der Waals surface area contributed by atoms with Crippen LogP contribution in [0.25, 0.3) is 0 Å². The van der Waals surface area contributed by atoms with Gasteiger partial charge in [0.2, 0.25) is 0 Å². The number of methoxy groups -OCH3 is 1. The van der Waals surface area contributed by atoms with Gasteiger partial charge in [-0.25, -0.2) is 4.39 Å². The van der Waals surface area contributed by atoms with Crippen LogP contribution in [0.15, 0.2) is 18.2 Å². The highest BCUT2D eigenvalue weighted by Gasteiger charge is 2.11. The zero-order valence-electron chi connectivity index (χ0n) is 10.4. The minimum atomic E-state index is -0.118. The van der Waals surface area contributed by atoms with Crippen molar-refractivity contribution >= 4 is 0 Å². The first kappa shape index (κ1) is 12.4. The molecule has 0 bridgehead atoms. The van der Waals surface area contributed by atoms with Gasteiger partial charge in [0.1, 0.15) is 11.6 Å². The van der Waals surface area contributed by atoms with Crippen molar-refractivity contribution in [1.29, 1.82) is 0 Å². The van der Waals surface area contributed by atoms with Gasteiger partial charge in [-0.3, -0.25) is 0 Å². The van der Waals surface area contributed by atoms with E-state index in [0.717, 1.165) is 30.7 Å². The topological polar surface area (TPSA) is 12.5 Å². The largest absolute Gasteiger partial charge is 0.497 e. The molecule has 1 aliphatic rings. The Labute approximate surface area is 102 Å². The second-order valence-corrected chi connectivity index (χ2v) is 4.61. The number of likely N-dealkylation sites (tertiary alicyclic amines) is 1. The Kier molecular flexibility index (Phi) is 4.37. The average Bonchev–Trinajstić information content (AvgIpc) is 2.84. The molecule has 1 aromatic rings. The van der Waals surface area contributed by atoms with E-state index in [9.17, 15) is 4.39 Å². The predicted octanol–water partition coefficient (Wildman–Crippen LogP) is 2.86. The molecular formula is C14H20FNO. The summed E-state index contributed by atoms with van der Waals surface area (Å²) < 4.78 is 18.6. The van der Waals surface area contributed by atoms with Gasteiger partial charge in [0.05, 0.1) is 7.11 Å². The normalized spacial score (nSPS) is 16.4. The molecule has 0 saturated carbocycles. The standard InChI is InChI=1S/C14H20FNO/c1-17-13-6-7-14(15)12(11-13)5-4-10-16-8-2-3-9-16/h6-7,11H,2-5,8-10H2,1H3. The van der Waals surface area contributed by atoms with Crippen molar-refractivity contribution in [3.63, 3.8) is 0 Å². The molecule has 0 N–H and O–H groups in total. The lowest BCUT2D eigenvalue weighted by atomic mass is 10.1. The lowest BCUT2D eigenvalue weighted by Crippen LogP contribution is -2.20. The number of hydrogen-bond acceptors (Lipinski definition) is 2. The van der Waals surface area contributed by atoms with Crippen LogP contribution in [0.2, 0.25) is 0 Å². The second-order valence-electron chi connectivity index (χ2n) is 4.61. The summed E-state index contributed by atoms with van der Waals surface area (Å²) in [5.41, 5.74) is 0.767. The predicted molar refractivity (Wildman–Crippen MR) is 66.9 cm³/mol. The zero-order chi connectivity index (χ0) is 12.1. The fourth-order valence-corrected chi connectivity index (χ4v) is 2.37. The van der Waals surface area contributed by atoms with Crippen molar-refractivity contribution in [2.45, 2.75) is 25.7 Å². The Morgan fingerprint density at radius 1 is 1.29 bits per heavy atom. The quantitative estimate of drug-likeness (QED) is 0.780. The van der Waals surface area contributed by atoms with Gasteiger partial charge in [0.15, 0.2) is 0 Å². The number of halogens is 1. The van der Waals surface area contributed by atoms with Crippen molar-refractivity contribution in [3.05, 3.63) is 29.6 Å². The fourth-order valence-electron chi connectivity index (χ4n) is 2.37. The average molecular weight is 237 g/mol. The monoisotopic (exact) mass is 237 g/mol. The Morgan fingerprint density at radius 3 is 2.76 bits per heavy atom. The maximum Gasteiger partial charge on any atom is 0.126 e. The van der Waals surface area contributed by atoms with Crippen LogP contribution < -0.4 is 4.74 Å². The van der Waals surface area contributed by atoms with E-state index in [1.807, 2.05) is 0 Å². The number of aryl methyl sites for hydroxylation is 1. The van der Waals surface area contributed by atoms with Gasteiger partial charge in [-0.2, -0.15) is 0 Å². The van der Waals surface area contributed by atoms with Crippen LogP contribution in [0.5, 0.6) is 5.75 Å². The van der Waals surface area contributed by atoms with Gasteiger partial charge in [0.25, 0.3) is 0 Å². The summed E-state index contributed by atoms with van der Waals surface area (Å²) in [5.74, 6) is 0.620. The third-order valence-electron chi connectivity index (χ3n) is 3.37. The summed E-state index contributed by atoms with van der Waals surface area (Å²) in [7, 11) is 1.61. The molecule has 0 aromatic heterocycles. The van der Waals surface area contributed by atoms with E-state index >= 15 is 0 Å². The molecule has 0 radical (unpaired) electrons. The van der Waals surface area contributed by atoms with E-state index in [1.165, 1.54) is 32.0 Å². The number of nitrogens with zero attached hydrogens (tertiary/aromatic N) is 1. The van der Waals surface area contributed by atoms with Crippen molar-refractivity contribution < 1.29 is 9.13 Å². The first-order valence-electron chi connectivity index (χ1n) is 6.34. The summed E-state index contributed by atoms with van der Waals surface area (Å²) >= 11 is 0. The number of hydrogen-bond donors (Lipinski definition) is 0. The van der Waals surface area contributed by atoms with Crippen LogP contribution in [0.3, 0.4) is 0 Å². The van der Waals surface area contributed by atoms with Crippen LogP contribution in [0, 0.1) is 5.82 Å². The minimum Gasteiger partial charge on any atom is -0.497 e. The third kappa shape index (κ3) is 3.43. The van der Waals surface area contributed by atoms with E-state index in [0.29, 0.717) is 0 Å². The van der Waals surface area contributed by atoms with Crippen LogP contribution in [-0.2, 0) is 6.42 Å². The zero-order valence-corrected chi connectivity index (χ0v) is 10.4. The molecule has 94 valence electrons. The number of ether oxygens (including phenoxy) is 1. The first-order valence-corrected chi connectivity index (χ1v) is 6.34. The van der Waals surface area contributed by atoms with Gasteiger partial charge < -0.3 is 9.64 Å². The van der Waals surface area contributed by atoms with E-state index < -0.39 is 0 Å². The molecule has 3 heteroatoms. The Balaban J connectivity index is 1.84. The van der Waals surface area contributed by atoms with Crippen molar-refractivity contribution in [2.24, 2.45) is 0 Å². The van der Waals surface area contributed by atoms with Crippen LogP contribution >= 0.6 is 0 Å². The smallest absolute Gasteiger partial charge is 0.126 e. The molecule has 1 aliphatic heterocycles. The molecule has 2 nitrogen and oxygen atoms in total. The van der Waals surface area contributed by atoms with Crippen LogP contribution in [-0.4, -0.2) is 31.6 Å². The highest BCUT2D eigenvalue weighted by molar-refractivity contribution is 5.29. The van der Waals surface area contributed by atoms with Crippen LogP contribution in [0.1, 0.15) is 24.8 Å². The van der Waals surface area contributed by atoms with Gasteiger partial charge >= 0.3 is 0 Å². The van der Waals surface area contributed by atoms with E-state index in [-0.39, 0.29) is 5.82 Å². The molecule has 0 amide bonds. The summed E-state index contributed by atoms with van der Waals surface area (Å²) in [5, 5.41) is 0. The summed E-state index contributed by atoms with van der Waals surface area (Å²) in [6.07, 6.45) is 4.44. The molecule has 0 spiro atoms. The van der Waals surface area contributed by atoms with Crippen molar-refractivity contribution in [3.8, 4) is 5.75 Å². The molecule has 2 rings (SSSR count). The van der Waals surface area contributed by atoms with Gasteiger partial charge in [-0.05, 0) is 69.1 Å². The highest BCUT2D eigenvalue weighted by atomic mass is 19.1.